The van der Waals surface area contributed by atoms with Crippen LogP contribution in [0.15, 0.2) is 0 Å². The molecule has 0 rings (SSSR count). The van der Waals surface area contributed by atoms with Crippen molar-refractivity contribution >= 4 is 11.0 Å². The molecule has 9 heteroatoms. The number of alkyl halides is 3. The van der Waals surface area contributed by atoms with Gasteiger partial charge in [0.2, 0.25) is 0 Å². The van der Waals surface area contributed by atoms with Gasteiger partial charge in [0.15, 0.2) is 0 Å². The largest absolute Gasteiger partial charge is 0.441 e. The third kappa shape index (κ3) is 5.80. The number of ether oxygens (including phenoxy) is 1. The van der Waals surface area contributed by atoms with Gasteiger partial charge in [-0.15, -0.1) is 0 Å². The van der Waals surface area contributed by atoms with E-state index < -0.39 is 36.7 Å². The Hall–Kier alpha value is -0.380. The van der Waals surface area contributed by atoms with Crippen molar-refractivity contribution in [2.75, 3.05) is 13.2 Å². The van der Waals surface area contributed by atoms with Gasteiger partial charge in [-0.2, -0.15) is 13.2 Å². The SMILES string of the molecule is O=[SH](=O)OC(OCCO)C(F)(F)F. The first-order chi connectivity index (χ1) is 5.88. The molecule has 0 spiro atoms. The molecule has 0 aliphatic carbocycles. The standard InChI is InChI=1S/C4H7F3O5S/c5-4(6,7)3(11-2-1-8)12-13(9)10/h3,8,13H,1-2H2. The van der Waals surface area contributed by atoms with Gasteiger partial charge in [-0.3, -0.25) is 0 Å². The van der Waals surface area contributed by atoms with Crippen LogP contribution in [-0.2, 0) is 19.9 Å². The maximum absolute atomic E-state index is 11.8. The molecule has 0 aromatic carbocycles. The van der Waals surface area contributed by atoms with Gasteiger partial charge >= 0.3 is 6.18 Å². The van der Waals surface area contributed by atoms with Gasteiger partial charge in [0.05, 0.1) is 13.2 Å². The summed E-state index contributed by atoms with van der Waals surface area (Å²) in [6, 6.07) is 0. The zero-order valence-electron chi connectivity index (χ0n) is 6.15. The van der Waals surface area contributed by atoms with Crippen LogP contribution in [0.2, 0.25) is 0 Å². The predicted molar refractivity (Wildman–Crippen MR) is 34.3 cm³/mol. The Morgan fingerprint density at radius 2 is 1.92 bits per heavy atom. The summed E-state index contributed by atoms with van der Waals surface area (Å²) in [4.78, 5) is 0. The molecule has 0 saturated heterocycles. The van der Waals surface area contributed by atoms with E-state index in [1.807, 2.05) is 0 Å². The molecule has 0 heterocycles. The van der Waals surface area contributed by atoms with E-state index in [9.17, 15) is 21.6 Å². The second-order valence-corrected chi connectivity index (χ2v) is 2.45. The van der Waals surface area contributed by atoms with E-state index in [0.717, 1.165) is 0 Å². The minimum atomic E-state index is -4.94. The maximum Gasteiger partial charge on any atom is 0.441 e. The number of aliphatic hydroxyl groups is 1. The number of halogens is 3. The molecule has 1 unspecified atom stereocenters. The lowest BCUT2D eigenvalue weighted by atomic mass is 10.6. The highest BCUT2D eigenvalue weighted by Crippen LogP contribution is 2.23. The lowest BCUT2D eigenvalue weighted by Gasteiger charge is -2.16. The summed E-state index contributed by atoms with van der Waals surface area (Å²) in [7, 11) is -3.65. The Morgan fingerprint density at radius 3 is 2.23 bits per heavy atom. The van der Waals surface area contributed by atoms with E-state index in [0.29, 0.717) is 0 Å². The Kier molecular flexibility index (Phi) is 5.21. The molecule has 5 nitrogen and oxygen atoms in total. The molecule has 0 bridgehead atoms. The molecule has 1 N–H and O–H groups in total. The molecule has 80 valence electrons. The summed E-state index contributed by atoms with van der Waals surface area (Å²) in [6.45, 7) is -1.32. The number of hydrogen-bond acceptors (Lipinski definition) is 5. The Balaban J connectivity index is 4.19. The van der Waals surface area contributed by atoms with Crippen molar-refractivity contribution in [2.24, 2.45) is 0 Å². The fourth-order valence-electron chi connectivity index (χ4n) is 0.423. The van der Waals surface area contributed by atoms with Crippen molar-refractivity contribution in [1.82, 2.24) is 0 Å². The third-order valence-corrected chi connectivity index (χ3v) is 1.17. The monoisotopic (exact) mass is 224 g/mol. The predicted octanol–water partition coefficient (Wildman–Crippen LogP) is -0.573. The lowest BCUT2D eigenvalue weighted by molar-refractivity contribution is -0.281. The van der Waals surface area contributed by atoms with Crippen molar-refractivity contribution in [3.05, 3.63) is 0 Å². The van der Waals surface area contributed by atoms with E-state index in [1.165, 1.54) is 0 Å². The van der Waals surface area contributed by atoms with Gasteiger partial charge < -0.3 is 9.84 Å². The first kappa shape index (κ1) is 12.6. The molecular weight excluding hydrogens is 217 g/mol. The van der Waals surface area contributed by atoms with E-state index in [-0.39, 0.29) is 0 Å². The third-order valence-electron chi connectivity index (χ3n) is 0.810. The van der Waals surface area contributed by atoms with Crippen LogP contribution in [-0.4, -0.2) is 39.2 Å². The van der Waals surface area contributed by atoms with Gasteiger partial charge in [-0.25, -0.2) is 12.6 Å². The normalized spacial score (nSPS) is 14.8. The number of aliphatic hydroxyl groups excluding tert-OH is 1. The molecule has 0 amide bonds. The number of rotatable bonds is 5. The van der Waals surface area contributed by atoms with Gasteiger partial charge in [0, 0.05) is 0 Å². The number of hydrogen-bond donors (Lipinski definition) is 2. The molecular formula is C4H7F3O5S. The highest BCUT2D eigenvalue weighted by molar-refractivity contribution is 7.67. The summed E-state index contributed by atoms with van der Waals surface area (Å²) >= 11 is 0. The van der Waals surface area contributed by atoms with Gasteiger partial charge in [0.1, 0.15) is 0 Å². The van der Waals surface area contributed by atoms with E-state index >= 15 is 0 Å². The highest BCUT2D eigenvalue weighted by Gasteiger charge is 2.43. The molecule has 0 aromatic rings. The van der Waals surface area contributed by atoms with Crippen LogP contribution in [0.25, 0.3) is 0 Å². The van der Waals surface area contributed by atoms with E-state index in [2.05, 4.69) is 8.92 Å². The average molecular weight is 224 g/mol. The second-order valence-electron chi connectivity index (χ2n) is 1.80. The Bertz CT molecular complexity index is 204. The molecule has 0 aromatic heterocycles. The van der Waals surface area contributed by atoms with Crippen LogP contribution in [0, 0.1) is 0 Å². The van der Waals surface area contributed by atoms with Crippen LogP contribution in [0.4, 0.5) is 13.2 Å². The van der Waals surface area contributed by atoms with Crippen LogP contribution < -0.4 is 0 Å². The zero-order valence-corrected chi connectivity index (χ0v) is 7.05. The van der Waals surface area contributed by atoms with Gasteiger partial charge in [-0.05, 0) is 0 Å². The Morgan fingerprint density at radius 1 is 1.38 bits per heavy atom. The first-order valence-electron chi connectivity index (χ1n) is 2.98. The highest BCUT2D eigenvalue weighted by atomic mass is 32.2. The fourth-order valence-corrected chi connectivity index (χ4v) is 0.759. The Labute approximate surface area is 73.2 Å². The van der Waals surface area contributed by atoms with Crippen molar-refractivity contribution < 1.29 is 35.6 Å². The summed E-state index contributed by atoms with van der Waals surface area (Å²) < 4.78 is 62.3. The van der Waals surface area contributed by atoms with Crippen molar-refractivity contribution in [2.45, 2.75) is 12.5 Å². The first-order valence-corrected chi connectivity index (χ1v) is 4.08. The lowest BCUT2D eigenvalue weighted by Crippen LogP contribution is -2.34. The molecule has 0 fully saturated rings. The zero-order chi connectivity index (χ0) is 10.5. The molecule has 13 heavy (non-hydrogen) atoms. The fraction of sp³-hybridized carbons (Fsp3) is 1.00. The van der Waals surface area contributed by atoms with Crippen LogP contribution in [0.1, 0.15) is 0 Å². The number of thiol groups is 1. The van der Waals surface area contributed by atoms with Gasteiger partial charge in [-0.1, -0.05) is 0 Å². The van der Waals surface area contributed by atoms with Crippen molar-refractivity contribution in [3.63, 3.8) is 0 Å². The summed E-state index contributed by atoms with van der Waals surface area (Å²) in [5.74, 6) is 0. The van der Waals surface area contributed by atoms with Crippen LogP contribution in [0.3, 0.4) is 0 Å². The quantitative estimate of drug-likeness (QED) is 0.483. The summed E-state index contributed by atoms with van der Waals surface area (Å²) in [5, 5.41) is 8.12. The van der Waals surface area contributed by atoms with Gasteiger partial charge in [0.25, 0.3) is 17.3 Å². The second kappa shape index (κ2) is 5.37. The summed E-state index contributed by atoms with van der Waals surface area (Å²) in [5.41, 5.74) is 0. The summed E-state index contributed by atoms with van der Waals surface area (Å²) in [6.07, 6.45) is -7.79. The molecule has 0 aliphatic rings. The van der Waals surface area contributed by atoms with Crippen LogP contribution >= 0.6 is 0 Å². The van der Waals surface area contributed by atoms with Crippen molar-refractivity contribution in [3.8, 4) is 0 Å². The minimum Gasteiger partial charge on any atom is -0.394 e. The minimum absolute atomic E-state index is 0.659. The smallest absolute Gasteiger partial charge is 0.394 e. The van der Waals surface area contributed by atoms with Crippen molar-refractivity contribution in [1.29, 1.82) is 0 Å². The molecule has 0 aliphatic heterocycles. The topological polar surface area (TPSA) is 72.8 Å². The average Bonchev–Trinajstić information content (AvgIpc) is 1.95. The molecule has 1 atom stereocenters. The maximum atomic E-state index is 11.8. The molecule has 0 saturated carbocycles. The van der Waals surface area contributed by atoms with Crippen LogP contribution in [0.5, 0.6) is 0 Å². The molecule has 0 radical (unpaired) electrons. The van der Waals surface area contributed by atoms with E-state index in [4.69, 9.17) is 5.11 Å². The van der Waals surface area contributed by atoms with E-state index in [1.54, 1.807) is 0 Å².